The van der Waals surface area contributed by atoms with Crippen molar-refractivity contribution in [3.05, 3.63) is 64.7 Å². The molecule has 1 saturated heterocycles. The lowest BCUT2D eigenvalue weighted by Gasteiger charge is -2.24. The number of hydrogen-bond donors (Lipinski definition) is 0. The topological polar surface area (TPSA) is 23.6 Å². The summed E-state index contributed by atoms with van der Waals surface area (Å²) in [6, 6.07) is 16.3. The van der Waals surface area contributed by atoms with E-state index in [-0.39, 0.29) is 5.91 Å². The van der Waals surface area contributed by atoms with Crippen LogP contribution in [0.1, 0.15) is 36.8 Å². The van der Waals surface area contributed by atoms with Crippen molar-refractivity contribution in [1.82, 2.24) is 4.90 Å². The van der Waals surface area contributed by atoms with Crippen LogP contribution < -0.4 is 4.90 Å². The summed E-state index contributed by atoms with van der Waals surface area (Å²) in [6.45, 7) is 2.91. The minimum atomic E-state index is 0.204. The van der Waals surface area contributed by atoms with E-state index >= 15 is 0 Å². The quantitative estimate of drug-likeness (QED) is 0.690. The Morgan fingerprint density at radius 2 is 1.77 bits per heavy atom. The lowest BCUT2D eigenvalue weighted by Crippen LogP contribution is -2.27. The first kappa shape index (κ1) is 18.8. The molecule has 0 saturated carbocycles. The van der Waals surface area contributed by atoms with Crippen molar-refractivity contribution in [2.24, 2.45) is 0 Å². The summed E-state index contributed by atoms with van der Waals surface area (Å²) in [4.78, 5) is 16.8. The van der Waals surface area contributed by atoms with E-state index in [1.165, 1.54) is 29.7 Å². The van der Waals surface area contributed by atoms with Crippen molar-refractivity contribution < 1.29 is 4.79 Å². The molecule has 1 fully saturated rings. The molecule has 2 aromatic carbocycles. The number of nitrogens with zero attached hydrogens (tertiary/aromatic N) is 2. The summed E-state index contributed by atoms with van der Waals surface area (Å²) in [6.07, 6.45) is 4.85. The zero-order chi connectivity index (χ0) is 18.4. The third-order valence-corrected chi connectivity index (χ3v) is 5.29. The van der Waals surface area contributed by atoms with Gasteiger partial charge in [-0.05, 0) is 55.0 Å². The standard InChI is InChI=1S/C22H27ClN2O/c1-24(22(26)10-6-7-18-11-13-20(23)14-12-18)17-19-8-2-3-9-21(19)25-15-4-5-16-25/h2-3,8-9,11-14H,4-7,10,15-17H2,1H3. The van der Waals surface area contributed by atoms with Crippen LogP contribution in [0, 0.1) is 0 Å². The molecule has 26 heavy (non-hydrogen) atoms. The van der Waals surface area contributed by atoms with Crippen LogP contribution in [0.3, 0.4) is 0 Å². The lowest BCUT2D eigenvalue weighted by atomic mass is 10.1. The minimum absolute atomic E-state index is 0.204. The van der Waals surface area contributed by atoms with Gasteiger partial charge in [-0.25, -0.2) is 0 Å². The number of carbonyl (C=O) groups is 1. The molecule has 0 N–H and O–H groups in total. The van der Waals surface area contributed by atoms with E-state index in [2.05, 4.69) is 29.2 Å². The first-order valence-electron chi connectivity index (χ1n) is 9.45. The Morgan fingerprint density at radius 3 is 2.50 bits per heavy atom. The number of rotatable bonds is 7. The average Bonchev–Trinajstić information content (AvgIpc) is 3.18. The molecule has 0 unspecified atom stereocenters. The van der Waals surface area contributed by atoms with Gasteiger partial charge in [0, 0.05) is 43.8 Å². The maximum atomic E-state index is 12.5. The monoisotopic (exact) mass is 370 g/mol. The molecule has 0 atom stereocenters. The number of benzene rings is 2. The van der Waals surface area contributed by atoms with Crippen molar-refractivity contribution in [2.75, 3.05) is 25.0 Å². The van der Waals surface area contributed by atoms with Crippen LogP contribution in [-0.4, -0.2) is 30.9 Å². The van der Waals surface area contributed by atoms with E-state index in [9.17, 15) is 4.79 Å². The minimum Gasteiger partial charge on any atom is -0.371 e. The van der Waals surface area contributed by atoms with Crippen LogP contribution in [0.15, 0.2) is 48.5 Å². The molecule has 0 radical (unpaired) electrons. The average molecular weight is 371 g/mol. The van der Waals surface area contributed by atoms with Crippen LogP contribution in [0.2, 0.25) is 5.02 Å². The van der Waals surface area contributed by atoms with Crippen LogP contribution >= 0.6 is 11.6 Å². The van der Waals surface area contributed by atoms with Gasteiger partial charge in [-0.15, -0.1) is 0 Å². The zero-order valence-electron chi connectivity index (χ0n) is 15.5. The summed E-state index contributed by atoms with van der Waals surface area (Å²) >= 11 is 5.91. The van der Waals surface area contributed by atoms with Crippen molar-refractivity contribution in [1.29, 1.82) is 0 Å². The Bertz CT molecular complexity index is 723. The molecule has 1 amide bonds. The van der Waals surface area contributed by atoms with Crippen LogP contribution in [0.25, 0.3) is 0 Å². The van der Waals surface area contributed by atoms with Crippen molar-refractivity contribution >= 4 is 23.2 Å². The molecule has 1 aliphatic rings. The number of hydrogen-bond acceptors (Lipinski definition) is 2. The summed E-state index contributed by atoms with van der Waals surface area (Å²) < 4.78 is 0. The third-order valence-electron chi connectivity index (χ3n) is 5.04. The highest BCUT2D eigenvalue weighted by Gasteiger charge is 2.17. The highest BCUT2D eigenvalue weighted by atomic mass is 35.5. The Kier molecular flexibility index (Phi) is 6.56. The molecule has 1 heterocycles. The Hall–Kier alpha value is -2.00. The smallest absolute Gasteiger partial charge is 0.222 e. The van der Waals surface area contributed by atoms with Gasteiger partial charge in [0.05, 0.1) is 0 Å². The molecule has 0 bridgehead atoms. The molecule has 2 aromatic rings. The van der Waals surface area contributed by atoms with Crippen molar-refractivity contribution in [3.8, 4) is 0 Å². The molecular formula is C22H27ClN2O. The fraction of sp³-hybridized carbons (Fsp3) is 0.409. The Morgan fingerprint density at radius 1 is 1.08 bits per heavy atom. The molecule has 3 nitrogen and oxygen atoms in total. The van der Waals surface area contributed by atoms with Gasteiger partial charge in [0.2, 0.25) is 5.91 Å². The van der Waals surface area contributed by atoms with Gasteiger partial charge in [0.15, 0.2) is 0 Å². The van der Waals surface area contributed by atoms with E-state index in [1.54, 1.807) is 0 Å². The second-order valence-electron chi connectivity index (χ2n) is 7.05. The van der Waals surface area contributed by atoms with E-state index in [1.807, 2.05) is 36.2 Å². The van der Waals surface area contributed by atoms with E-state index < -0.39 is 0 Å². The summed E-state index contributed by atoms with van der Waals surface area (Å²) in [5.74, 6) is 0.204. The molecule has 4 heteroatoms. The fourth-order valence-corrected chi connectivity index (χ4v) is 3.67. The number of amides is 1. The third kappa shape index (κ3) is 5.01. The second kappa shape index (κ2) is 9.09. The van der Waals surface area contributed by atoms with Gasteiger partial charge in [-0.2, -0.15) is 0 Å². The van der Waals surface area contributed by atoms with E-state index in [0.29, 0.717) is 13.0 Å². The number of aryl methyl sites for hydroxylation is 1. The first-order valence-corrected chi connectivity index (χ1v) is 9.82. The molecule has 0 aromatic heterocycles. The molecule has 138 valence electrons. The Balaban J connectivity index is 1.52. The second-order valence-corrected chi connectivity index (χ2v) is 7.49. The maximum absolute atomic E-state index is 12.5. The predicted octanol–water partition coefficient (Wildman–Crippen LogP) is 4.92. The highest BCUT2D eigenvalue weighted by Crippen LogP contribution is 2.25. The molecule has 0 aliphatic carbocycles. The van der Waals surface area contributed by atoms with Gasteiger partial charge in [0.1, 0.15) is 0 Å². The highest BCUT2D eigenvalue weighted by molar-refractivity contribution is 6.30. The zero-order valence-corrected chi connectivity index (χ0v) is 16.2. The Labute approximate surface area is 161 Å². The van der Waals surface area contributed by atoms with Crippen molar-refractivity contribution in [3.63, 3.8) is 0 Å². The first-order chi connectivity index (χ1) is 12.6. The number of halogens is 1. The molecule has 0 spiro atoms. The molecular weight excluding hydrogens is 344 g/mol. The van der Waals surface area contributed by atoms with Gasteiger partial charge < -0.3 is 9.80 Å². The fourth-order valence-electron chi connectivity index (χ4n) is 3.54. The maximum Gasteiger partial charge on any atom is 0.222 e. The summed E-state index contributed by atoms with van der Waals surface area (Å²) in [5.41, 5.74) is 3.75. The SMILES string of the molecule is CN(Cc1ccccc1N1CCCC1)C(=O)CCCc1ccc(Cl)cc1. The van der Waals surface area contributed by atoms with Crippen LogP contribution in [0.4, 0.5) is 5.69 Å². The van der Waals surface area contributed by atoms with Gasteiger partial charge in [-0.1, -0.05) is 41.9 Å². The summed E-state index contributed by atoms with van der Waals surface area (Å²) in [5, 5.41) is 0.751. The largest absolute Gasteiger partial charge is 0.371 e. The number of para-hydroxylation sites is 1. The van der Waals surface area contributed by atoms with Crippen molar-refractivity contribution in [2.45, 2.75) is 38.6 Å². The van der Waals surface area contributed by atoms with E-state index in [0.717, 1.165) is 31.0 Å². The molecule has 1 aliphatic heterocycles. The van der Waals surface area contributed by atoms with Gasteiger partial charge in [-0.3, -0.25) is 4.79 Å². The normalized spacial score (nSPS) is 13.8. The number of anilines is 1. The summed E-state index contributed by atoms with van der Waals surface area (Å²) in [7, 11) is 1.91. The number of carbonyl (C=O) groups excluding carboxylic acids is 1. The van der Waals surface area contributed by atoms with Crippen LogP contribution in [-0.2, 0) is 17.8 Å². The lowest BCUT2D eigenvalue weighted by molar-refractivity contribution is -0.130. The molecule has 3 rings (SSSR count). The van der Waals surface area contributed by atoms with E-state index in [4.69, 9.17) is 11.6 Å². The van der Waals surface area contributed by atoms with Gasteiger partial charge in [0.25, 0.3) is 0 Å². The van der Waals surface area contributed by atoms with Gasteiger partial charge >= 0.3 is 0 Å². The predicted molar refractivity (Wildman–Crippen MR) is 109 cm³/mol. The van der Waals surface area contributed by atoms with Crippen LogP contribution in [0.5, 0.6) is 0 Å².